The van der Waals surface area contributed by atoms with Gasteiger partial charge in [-0.05, 0) is 23.6 Å². The van der Waals surface area contributed by atoms with Crippen molar-refractivity contribution in [1.82, 2.24) is 9.55 Å². The van der Waals surface area contributed by atoms with Crippen LogP contribution in [0.15, 0.2) is 21.7 Å². The molecule has 1 fully saturated rings. The monoisotopic (exact) mass is 406 g/mol. The van der Waals surface area contributed by atoms with Crippen LogP contribution in [-0.4, -0.2) is 37.4 Å². The first-order chi connectivity index (χ1) is 12.4. The van der Waals surface area contributed by atoms with Gasteiger partial charge < -0.3 is 9.72 Å². The number of hydrogen-bond donors (Lipinski definition) is 1. The highest BCUT2D eigenvalue weighted by atomic mass is 32.2. The summed E-state index contributed by atoms with van der Waals surface area (Å²) in [6.07, 6.45) is -3.84. The lowest BCUT2D eigenvalue weighted by molar-refractivity contribution is -0.138. The highest BCUT2D eigenvalue weighted by molar-refractivity contribution is 7.89. The smallest absolute Gasteiger partial charge is 0.381 e. The number of hydrogen-bond acceptors (Lipinski definition) is 5. The number of ether oxygens (including phenoxy) is 1. The maximum atomic E-state index is 13.6. The standard InChI is InChI=1S/C16H17F3N2O5S/c1-8-5-26-6-11(8)9-3-10-13(4-12(9)16(17,18)19)20-15(23)21(14(10)22)7-27(2,24)25/h3-4,8,11H,5-7H2,1-2H3,(H,20,23)/t8-,11+/m1/s1. The normalized spacial score (nSPS) is 21.1. The second-order valence-corrected chi connectivity index (χ2v) is 8.93. The largest absolute Gasteiger partial charge is 0.416 e. The van der Waals surface area contributed by atoms with Gasteiger partial charge in [-0.25, -0.2) is 17.8 Å². The average molecular weight is 406 g/mol. The lowest BCUT2D eigenvalue weighted by Crippen LogP contribution is -2.37. The van der Waals surface area contributed by atoms with Crippen LogP contribution < -0.4 is 11.2 Å². The Bertz CT molecular complexity index is 1120. The Morgan fingerprint density at radius 1 is 1.26 bits per heavy atom. The fourth-order valence-corrected chi connectivity index (χ4v) is 3.98. The second kappa shape index (κ2) is 6.48. The summed E-state index contributed by atoms with van der Waals surface area (Å²) in [4.78, 5) is 26.8. The molecule has 1 N–H and O–H groups in total. The summed E-state index contributed by atoms with van der Waals surface area (Å²) >= 11 is 0. The van der Waals surface area contributed by atoms with Gasteiger partial charge in [0.1, 0.15) is 5.88 Å². The Kier molecular flexibility index (Phi) is 4.71. The van der Waals surface area contributed by atoms with Gasteiger partial charge in [0.2, 0.25) is 0 Å². The third-order valence-corrected chi connectivity index (χ3v) is 5.31. The molecule has 2 heterocycles. The lowest BCUT2D eigenvalue weighted by atomic mass is 9.86. The van der Waals surface area contributed by atoms with Crippen molar-refractivity contribution in [2.45, 2.75) is 24.9 Å². The van der Waals surface area contributed by atoms with Crippen molar-refractivity contribution < 1.29 is 26.3 Å². The molecule has 1 aromatic heterocycles. The first-order valence-electron chi connectivity index (χ1n) is 8.02. The van der Waals surface area contributed by atoms with Crippen LogP contribution in [0.4, 0.5) is 13.2 Å². The van der Waals surface area contributed by atoms with E-state index in [2.05, 4.69) is 4.98 Å². The number of sulfone groups is 1. The molecule has 0 spiro atoms. The molecule has 1 aliphatic rings. The topological polar surface area (TPSA) is 98.2 Å². The van der Waals surface area contributed by atoms with E-state index in [9.17, 15) is 31.2 Å². The number of aromatic nitrogens is 2. The maximum absolute atomic E-state index is 13.6. The molecular formula is C16H17F3N2O5S. The number of halogens is 3. The summed E-state index contributed by atoms with van der Waals surface area (Å²) < 4.78 is 69.3. The fraction of sp³-hybridized carbons (Fsp3) is 0.500. The van der Waals surface area contributed by atoms with E-state index in [0.29, 0.717) is 11.2 Å². The molecule has 0 bridgehead atoms. The van der Waals surface area contributed by atoms with Crippen molar-refractivity contribution in [1.29, 1.82) is 0 Å². The van der Waals surface area contributed by atoms with E-state index in [1.807, 2.05) is 0 Å². The van der Waals surface area contributed by atoms with Gasteiger partial charge >= 0.3 is 11.9 Å². The minimum absolute atomic E-state index is 0.0800. The van der Waals surface area contributed by atoms with E-state index in [1.54, 1.807) is 6.92 Å². The van der Waals surface area contributed by atoms with Gasteiger partial charge in [-0.2, -0.15) is 13.2 Å². The summed E-state index contributed by atoms with van der Waals surface area (Å²) in [6, 6.07) is 1.81. The zero-order chi connectivity index (χ0) is 20.1. The van der Waals surface area contributed by atoms with Crippen molar-refractivity contribution in [3.05, 3.63) is 44.1 Å². The van der Waals surface area contributed by atoms with E-state index in [1.165, 1.54) is 0 Å². The molecule has 148 valence electrons. The zero-order valence-corrected chi connectivity index (χ0v) is 15.3. The molecule has 1 aliphatic heterocycles. The van der Waals surface area contributed by atoms with E-state index in [0.717, 1.165) is 18.4 Å². The minimum Gasteiger partial charge on any atom is -0.381 e. The van der Waals surface area contributed by atoms with Crippen LogP contribution >= 0.6 is 0 Å². The van der Waals surface area contributed by atoms with Crippen molar-refractivity contribution >= 4 is 20.7 Å². The van der Waals surface area contributed by atoms with Gasteiger partial charge in [0.15, 0.2) is 9.84 Å². The third-order valence-electron chi connectivity index (χ3n) is 4.59. The van der Waals surface area contributed by atoms with Crippen LogP contribution in [0.3, 0.4) is 0 Å². The van der Waals surface area contributed by atoms with Gasteiger partial charge in [0.05, 0.1) is 23.1 Å². The molecule has 1 saturated heterocycles. The second-order valence-electron chi connectivity index (χ2n) is 6.82. The molecule has 7 nitrogen and oxygen atoms in total. The van der Waals surface area contributed by atoms with Crippen molar-refractivity contribution in [3.8, 4) is 0 Å². The van der Waals surface area contributed by atoms with E-state index in [-0.39, 0.29) is 29.0 Å². The fourth-order valence-electron chi connectivity index (χ4n) is 3.28. The molecular weight excluding hydrogens is 389 g/mol. The quantitative estimate of drug-likeness (QED) is 0.832. The molecule has 0 unspecified atom stereocenters. The van der Waals surface area contributed by atoms with Crippen LogP contribution in [0.1, 0.15) is 24.0 Å². The third kappa shape index (κ3) is 3.79. The predicted molar refractivity (Wildman–Crippen MR) is 91.4 cm³/mol. The van der Waals surface area contributed by atoms with Gasteiger partial charge in [-0.15, -0.1) is 0 Å². The molecule has 27 heavy (non-hydrogen) atoms. The lowest BCUT2D eigenvalue weighted by Gasteiger charge is -2.20. The molecule has 0 saturated carbocycles. The molecule has 11 heteroatoms. The number of aromatic amines is 1. The molecule has 0 radical (unpaired) electrons. The van der Waals surface area contributed by atoms with Gasteiger partial charge in [0, 0.05) is 18.8 Å². The van der Waals surface area contributed by atoms with Gasteiger partial charge in [0.25, 0.3) is 5.56 Å². The number of fused-ring (bicyclic) bond motifs is 1. The summed E-state index contributed by atoms with van der Waals surface area (Å²) in [5, 5.41) is -0.180. The zero-order valence-electron chi connectivity index (χ0n) is 14.5. The number of benzene rings is 1. The van der Waals surface area contributed by atoms with E-state index < -0.39 is 44.6 Å². The molecule has 2 aromatic rings. The van der Waals surface area contributed by atoms with Gasteiger partial charge in [-0.3, -0.25) is 4.79 Å². The maximum Gasteiger partial charge on any atom is 0.416 e. The number of nitrogens with zero attached hydrogens (tertiary/aromatic N) is 1. The summed E-state index contributed by atoms with van der Waals surface area (Å²) in [5.74, 6) is -1.62. The number of rotatable bonds is 3. The van der Waals surface area contributed by atoms with Crippen LogP contribution in [-0.2, 0) is 26.6 Å². The van der Waals surface area contributed by atoms with Crippen LogP contribution in [0.5, 0.6) is 0 Å². The van der Waals surface area contributed by atoms with Crippen molar-refractivity contribution in [3.63, 3.8) is 0 Å². The van der Waals surface area contributed by atoms with Gasteiger partial charge in [-0.1, -0.05) is 6.92 Å². The van der Waals surface area contributed by atoms with Crippen LogP contribution in [0.2, 0.25) is 0 Å². The molecule has 1 aromatic carbocycles. The minimum atomic E-state index is -4.69. The Labute approximate surface area is 151 Å². The Morgan fingerprint density at radius 2 is 1.93 bits per heavy atom. The van der Waals surface area contributed by atoms with Crippen LogP contribution in [0.25, 0.3) is 10.9 Å². The number of H-pyrrole nitrogens is 1. The summed E-state index contributed by atoms with van der Waals surface area (Å²) in [7, 11) is -3.71. The average Bonchev–Trinajstić information content (AvgIpc) is 2.94. The van der Waals surface area contributed by atoms with Crippen molar-refractivity contribution in [2.24, 2.45) is 5.92 Å². The predicted octanol–water partition coefficient (Wildman–Crippen LogP) is 1.46. The molecule has 0 amide bonds. The molecule has 3 rings (SSSR count). The Morgan fingerprint density at radius 3 is 2.44 bits per heavy atom. The highest BCUT2D eigenvalue weighted by Crippen LogP contribution is 2.41. The van der Waals surface area contributed by atoms with Crippen molar-refractivity contribution in [2.75, 3.05) is 19.5 Å². The number of nitrogens with one attached hydrogen (secondary N) is 1. The SMILES string of the molecule is C[C@@H]1COC[C@@H]1c1cc2c(=O)n(CS(C)(=O)=O)c(=O)[nH]c2cc1C(F)(F)F. The highest BCUT2D eigenvalue weighted by Gasteiger charge is 2.38. The Balaban J connectivity index is 2.33. The molecule has 2 atom stereocenters. The number of alkyl halides is 3. The Hall–Kier alpha value is -2.14. The van der Waals surface area contributed by atoms with E-state index in [4.69, 9.17) is 4.74 Å². The first kappa shape index (κ1) is 19.6. The van der Waals surface area contributed by atoms with Crippen LogP contribution in [0, 0.1) is 5.92 Å². The first-order valence-corrected chi connectivity index (χ1v) is 10.1. The molecule has 0 aliphatic carbocycles. The summed E-state index contributed by atoms with van der Waals surface area (Å²) in [6.45, 7) is 2.12. The summed E-state index contributed by atoms with van der Waals surface area (Å²) in [5.41, 5.74) is -3.39. The van der Waals surface area contributed by atoms with E-state index >= 15 is 0 Å².